The summed E-state index contributed by atoms with van der Waals surface area (Å²) < 4.78 is 10.5. The van der Waals surface area contributed by atoms with E-state index in [1.54, 1.807) is 0 Å². The number of hydrogen-bond donors (Lipinski definition) is 0. The first kappa shape index (κ1) is 22.2. The van der Waals surface area contributed by atoms with Gasteiger partial charge in [0.1, 0.15) is 18.2 Å². The number of fused-ring (bicyclic) bond motifs is 1. The van der Waals surface area contributed by atoms with Crippen molar-refractivity contribution < 1.29 is 4.74 Å². The van der Waals surface area contributed by atoms with Crippen LogP contribution in [0.1, 0.15) is 55.8 Å². The number of nitrogens with zero attached hydrogens (tertiary/aromatic N) is 3. The van der Waals surface area contributed by atoms with Gasteiger partial charge in [0, 0.05) is 33.8 Å². The second kappa shape index (κ2) is 9.70. The highest BCUT2D eigenvalue weighted by molar-refractivity contribution is 9.07. The highest BCUT2D eigenvalue weighted by Gasteiger charge is 2.24. The summed E-state index contributed by atoms with van der Waals surface area (Å²) in [6.45, 7) is 2.77. The smallest absolute Gasteiger partial charge is 0.141 e. The molecule has 33 heavy (non-hydrogen) atoms. The van der Waals surface area contributed by atoms with Crippen LogP contribution in [0.5, 0.6) is 5.75 Å². The molecule has 0 aliphatic heterocycles. The van der Waals surface area contributed by atoms with Crippen molar-refractivity contribution in [1.82, 2.24) is 13.5 Å². The van der Waals surface area contributed by atoms with Crippen molar-refractivity contribution in [3.8, 4) is 17.1 Å². The van der Waals surface area contributed by atoms with E-state index in [-0.39, 0.29) is 6.04 Å². The fraction of sp³-hybridized carbons (Fsp3) is 0.321. The van der Waals surface area contributed by atoms with Gasteiger partial charge >= 0.3 is 0 Å². The molecular formula is C28H30BrN3O. The van der Waals surface area contributed by atoms with E-state index >= 15 is 0 Å². The number of rotatable bonds is 7. The molecule has 0 saturated heterocycles. The molecule has 4 nitrogen and oxygen atoms in total. The van der Waals surface area contributed by atoms with Crippen LogP contribution in [0, 0.1) is 0 Å². The molecular weight excluding hydrogens is 474 g/mol. The van der Waals surface area contributed by atoms with Crippen molar-refractivity contribution in [3.63, 3.8) is 0 Å². The Morgan fingerprint density at radius 3 is 2.45 bits per heavy atom. The first-order chi connectivity index (χ1) is 16.1. The molecule has 3 aromatic carbocycles. The minimum atomic E-state index is 0.274. The summed E-state index contributed by atoms with van der Waals surface area (Å²) in [4.78, 5) is 5.14. The molecule has 0 radical (unpaired) electrons. The number of hydrogen-bond acceptors (Lipinski definition) is 3. The van der Waals surface area contributed by atoms with E-state index in [1.807, 2.05) is 25.2 Å². The second-order valence-corrected chi connectivity index (χ2v) is 10.1. The van der Waals surface area contributed by atoms with Crippen molar-refractivity contribution in [1.29, 1.82) is 0 Å². The van der Waals surface area contributed by atoms with Crippen molar-refractivity contribution in [2.45, 2.75) is 51.3 Å². The van der Waals surface area contributed by atoms with E-state index in [0.29, 0.717) is 12.6 Å². The largest absolute Gasteiger partial charge is 0.489 e. The summed E-state index contributed by atoms with van der Waals surface area (Å²) >= 11 is 3.58. The lowest BCUT2D eigenvalue weighted by atomic mass is 10.1. The average molecular weight is 504 g/mol. The quantitative estimate of drug-likeness (QED) is 0.242. The normalized spacial score (nSPS) is 15.4. The van der Waals surface area contributed by atoms with Crippen LogP contribution in [0.25, 0.3) is 22.4 Å². The maximum Gasteiger partial charge on any atom is 0.141 e. The van der Waals surface area contributed by atoms with Gasteiger partial charge in [-0.1, -0.05) is 49.2 Å². The zero-order valence-electron chi connectivity index (χ0n) is 19.2. The summed E-state index contributed by atoms with van der Waals surface area (Å²) in [6.07, 6.45) is 5.02. The summed E-state index contributed by atoms with van der Waals surface area (Å²) in [5, 5.41) is 0. The van der Waals surface area contributed by atoms with E-state index in [1.165, 1.54) is 42.3 Å². The lowest BCUT2D eigenvalue weighted by molar-refractivity contribution is 0.306. The fourth-order valence-corrected chi connectivity index (χ4v) is 4.99. The Hall–Kier alpha value is -2.63. The zero-order chi connectivity index (χ0) is 22.8. The minimum Gasteiger partial charge on any atom is -0.489 e. The van der Waals surface area contributed by atoms with Gasteiger partial charge in [0.15, 0.2) is 0 Å². The Morgan fingerprint density at radius 1 is 1.03 bits per heavy atom. The Balaban J connectivity index is 1.47. The molecule has 1 fully saturated rings. The Bertz CT molecular complexity index is 1210. The van der Waals surface area contributed by atoms with Gasteiger partial charge in [0.05, 0.1) is 11.0 Å². The number of imidazole rings is 1. The van der Waals surface area contributed by atoms with Crippen LogP contribution in [0.15, 0.2) is 72.8 Å². The van der Waals surface area contributed by atoms with Crippen molar-refractivity contribution in [3.05, 3.63) is 83.9 Å². The van der Waals surface area contributed by atoms with E-state index in [0.717, 1.165) is 22.7 Å². The molecule has 4 aromatic rings. The minimum absolute atomic E-state index is 0.274. The van der Waals surface area contributed by atoms with Crippen molar-refractivity contribution >= 4 is 27.2 Å². The molecule has 1 unspecified atom stereocenters. The summed E-state index contributed by atoms with van der Waals surface area (Å²) in [6, 6.07) is 26.2. The lowest BCUT2D eigenvalue weighted by Gasteiger charge is -2.19. The predicted octanol–water partition coefficient (Wildman–Crippen LogP) is 7.70. The third-order valence-electron chi connectivity index (χ3n) is 6.78. The SMILES string of the molecule is CC(c1ccc2c(c1)nc(-c1ccc(OCc3ccccc3)cc1)n2C1CCCC1)N(C)Br. The molecule has 1 saturated carbocycles. The van der Waals surface area contributed by atoms with Crippen LogP contribution in [0.3, 0.4) is 0 Å². The van der Waals surface area contributed by atoms with Gasteiger partial charge in [-0.2, -0.15) is 0 Å². The van der Waals surface area contributed by atoms with Gasteiger partial charge in [0.25, 0.3) is 0 Å². The monoisotopic (exact) mass is 503 g/mol. The Kier molecular flexibility index (Phi) is 6.52. The highest BCUT2D eigenvalue weighted by atomic mass is 79.9. The zero-order valence-corrected chi connectivity index (χ0v) is 20.8. The van der Waals surface area contributed by atoms with E-state index in [4.69, 9.17) is 9.72 Å². The second-order valence-electron chi connectivity index (χ2n) is 8.99. The molecule has 0 N–H and O–H groups in total. The molecule has 0 amide bonds. The van der Waals surface area contributed by atoms with Crippen LogP contribution in [0.2, 0.25) is 0 Å². The molecule has 0 spiro atoms. The maximum atomic E-state index is 6.00. The first-order valence-electron chi connectivity index (χ1n) is 11.8. The number of aromatic nitrogens is 2. The molecule has 5 heteroatoms. The third-order valence-corrected chi connectivity index (χ3v) is 7.39. The van der Waals surface area contributed by atoms with Gasteiger partial charge < -0.3 is 9.30 Å². The standard InChI is InChI=1S/C28H30BrN3O/c1-20(31(2)29)23-14-17-27-26(18-23)30-28(32(27)24-10-6-7-11-24)22-12-15-25(16-13-22)33-19-21-8-4-3-5-9-21/h3-5,8-9,12-18,20,24H,6-7,10-11,19H2,1-2H3. The van der Waals surface area contributed by atoms with Crippen molar-refractivity contribution in [2.75, 3.05) is 7.05 Å². The molecule has 0 bridgehead atoms. The molecule has 170 valence electrons. The maximum absolute atomic E-state index is 6.00. The Morgan fingerprint density at radius 2 is 1.76 bits per heavy atom. The van der Waals surface area contributed by atoms with Crippen LogP contribution >= 0.6 is 16.1 Å². The van der Waals surface area contributed by atoms with Gasteiger partial charge in [-0.25, -0.2) is 8.91 Å². The van der Waals surface area contributed by atoms with E-state index < -0.39 is 0 Å². The average Bonchev–Trinajstić information content (AvgIpc) is 3.50. The molecule has 1 heterocycles. The Labute approximate surface area is 204 Å². The van der Waals surface area contributed by atoms with Crippen LogP contribution in [0.4, 0.5) is 0 Å². The fourth-order valence-electron chi connectivity index (χ4n) is 4.76. The summed E-state index contributed by atoms with van der Waals surface area (Å²) in [5.41, 5.74) is 5.87. The van der Waals surface area contributed by atoms with Crippen LogP contribution < -0.4 is 4.74 Å². The third kappa shape index (κ3) is 4.71. The molecule has 5 rings (SSSR count). The summed E-state index contributed by atoms with van der Waals surface area (Å²) in [5.74, 6) is 1.94. The number of halogens is 1. The highest BCUT2D eigenvalue weighted by Crippen LogP contribution is 2.38. The van der Waals surface area contributed by atoms with Gasteiger partial charge in [-0.05, 0) is 74.3 Å². The van der Waals surface area contributed by atoms with Gasteiger partial charge in [0.2, 0.25) is 0 Å². The van der Waals surface area contributed by atoms with Crippen LogP contribution in [-0.4, -0.2) is 20.5 Å². The number of benzene rings is 3. The molecule has 1 atom stereocenters. The van der Waals surface area contributed by atoms with E-state index in [2.05, 4.69) is 86.2 Å². The summed E-state index contributed by atoms with van der Waals surface area (Å²) in [7, 11) is 2.04. The first-order valence-corrected chi connectivity index (χ1v) is 12.5. The van der Waals surface area contributed by atoms with Crippen LogP contribution in [-0.2, 0) is 6.61 Å². The van der Waals surface area contributed by atoms with Gasteiger partial charge in [-0.15, -0.1) is 0 Å². The molecule has 1 aliphatic carbocycles. The van der Waals surface area contributed by atoms with Crippen molar-refractivity contribution in [2.24, 2.45) is 0 Å². The van der Waals surface area contributed by atoms with E-state index in [9.17, 15) is 0 Å². The van der Waals surface area contributed by atoms with Gasteiger partial charge in [-0.3, -0.25) is 0 Å². The molecule has 1 aliphatic rings. The number of ether oxygens (including phenoxy) is 1. The topological polar surface area (TPSA) is 30.3 Å². The lowest BCUT2D eigenvalue weighted by Crippen LogP contribution is -2.10. The molecule has 1 aromatic heterocycles. The predicted molar refractivity (Wildman–Crippen MR) is 139 cm³/mol.